The van der Waals surface area contributed by atoms with Crippen molar-refractivity contribution in [2.45, 2.75) is 13.8 Å². The molecule has 8 heteroatoms. The van der Waals surface area contributed by atoms with Crippen molar-refractivity contribution in [1.82, 2.24) is 0 Å². The lowest BCUT2D eigenvalue weighted by Gasteiger charge is -2.40. The Kier molecular flexibility index (Phi) is 9.00. The molecule has 3 aromatic carbocycles. The first-order valence-corrected chi connectivity index (χ1v) is 14.7. The summed E-state index contributed by atoms with van der Waals surface area (Å²) in [4.78, 5) is 38.7. The van der Waals surface area contributed by atoms with Crippen LogP contribution in [-0.2, 0) is 14.4 Å². The first-order chi connectivity index (χ1) is 21.9. The average molecular weight is 615 g/mol. The number of rotatable bonds is 9. The molecule has 0 bridgehead atoms. The Labute approximate surface area is 268 Å². The van der Waals surface area contributed by atoms with Crippen molar-refractivity contribution in [2.75, 3.05) is 19.0 Å². The third kappa shape index (κ3) is 6.51. The van der Waals surface area contributed by atoms with Gasteiger partial charge >= 0.3 is 11.9 Å². The van der Waals surface area contributed by atoms with Crippen LogP contribution in [0.4, 0.5) is 17.1 Å². The number of nitrogens with zero attached hydrogens (tertiary/aromatic N) is 2. The van der Waals surface area contributed by atoms with Crippen LogP contribution >= 0.6 is 0 Å². The maximum Gasteiger partial charge on any atom is 0.338 e. The summed E-state index contributed by atoms with van der Waals surface area (Å²) < 4.78 is 12.5. The number of carbonyl (C=O) groups is 3. The molecule has 232 valence electrons. The van der Waals surface area contributed by atoms with E-state index in [0.717, 1.165) is 22.8 Å². The van der Waals surface area contributed by atoms with E-state index in [4.69, 9.17) is 9.47 Å². The number of benzene rings is 3. The number of hydrogen-bond donors (Lipinski definition) is 0. The summed E-state index contributed by atoms with van der Waals surface area (Å²) in [6.45, 7) is 10.4. The maximum absolute atomic E-state index is 13.2. The van der Waals surface area contributed by atoms with Gasteiger partial charge in [0.1, 0.15) is 18.5 Å². The van der Waals surface area contributed by atoms with E-state index >= 15 is 0 Å². The molecule has 0 fully saturated rings. The van der Waals surface area contributed by atoms with E-state index < -0.39 is 17.9 Å². The van der Waals surface area contributed by atoms with Crippen LogP contribution in [0.25, 0.3) is 5.57 Å². The van der Waals surface area contributed by atoms with Crippen molar-refractivity contribution >= 4 is 46.1 Å². The van der Waals surface area contributed by atoms with Gasteiger partial charge in [-0.05, 0) is 67.9 Å². The van der Waals surface area contributed by atoms with Gasteiger partial charge in [-0.3, -0.25) is 4.79 Å². The van der Waals surface area contributed by atoms with Gasteiger partial charge in [-0.25, -0.2) is 9.59 Å². The molecule has 0 amide bonds. The number of ether oxygens (including phenoxy) is 2. The van der Waals surface area contributed by atoms with Crippen molar-refractivity contribution in [2.24, 2.45) is 11.8 Å². The average Bonchev–Trinajstić information content (AvgIpc) is 3.05. The number of ketones is 1. The minimum absolute atomic E-state index is 0.165. The fourth-order valence-corrected chi connectivity index (χ4v) is 5.11. The Bertz CT molecular complexity index is 1840. The topological polar surface area (TPSA) is 99.0 Å². The first kappa shape index (κ1) is 31.7. The van der Waals surface area contributed by atoms with Crippen molar-refractivity contribution in [3.05, 3.63) is 133 Å². The molecule has 5 rings (SSSR count). The molecule has 0 spiro atoms. The Balaban J connectivity index is 1.23. The molecule has 1 unspecified atom stereocenters. The summed E-state index contributed by atoms with van der Waals surface area (Å²) >= 11 is 0. The van der Waals surface area contributed by atoms with E-state index in [2.05, 4.69) is 13.2 Å². The zero-order valence-electron chi connectivity index (χ0n) is 26.2. The molecule has 1 atom stereocenters. The lowest BCUT2D eigenvalue weighted by molar-refractivity contribution is -0.403. The van der Waals surface area contributed by atoms with Crippen molar-refractivity contribution in [3.63, 3.8) is 0 Å². The Morgan fingerprint density at radius 1 is 0.783 bits per heavy atom. The van der Waals surface area contributed by atoms with E-state index in [1.165, 1.54) is 0 Å². The van der Waals surface area contributed by atoms with Crippen LogP contribution in [0, 0.1) is 11.8 Å². The summed E-state index contributed by atoms with van der Waals surface area (Å²) in [5, 5.41) is 13.2. The Hall–Kier alpha value is -5.76. The van der Waals surface area contributed by atoms with Crippen LogP contribution in [0.15, 0.2) is 127 Å². The van der Waals surface area contributed by atoms with Gasteiger partial charge in [-0.15, -0.1) is 5.76 Å². The van der Waals surface area contributed by atoms with Crippen LogP contribution in [0.3, 0.4) is 0 Å². The van der Waals surface area contributed by atoms with Gasteiger partial charge in [0.05, 0.1) is 0 Å². The monoisotopic (exact) mass is 614 g/mol. The standard InChI is InChI=1S/C38H34N2O6/c1-23(2)37(43)45-31-19-15-29(16-20-31)39(5)27-11-7-25(8-12-27)33-35(41)34(36(33)42)26-9-13-28(14-10-26)40(6)30-17-21-32(22-18-30)46-38(44)24(3)4/h7-22,25,33H,1,3H2,2,4-6H3. The molecule has 0 radical (unpaired) electrons. The van der Waals surface area contributed by atoms with E-state index in [9.17, 15) is 19.5 Å². The highest BCUT2D eigenvalue weighted by atomic mass is 16.5. The van der Waals surface area contributed by atoms with E-state index in [-0.39, 0.29) is 23.0 Å². The Morgan fingerprint density at radius 3 is 1.70 bits per heavy atom. The van der Waals surface area contributed by atoms with E-state index in [1.54, 1.807) is 50.2 Å². The molecular weight excluding hydrogens is 580 g/mol. The third-order valence-corrected chi connectivity index (χ3v) is 7.92. The lowest BCUT2D eigenvalue weighted by atomic mass is 9.71. The highest BCUT2D eigenvalue weighted by Crippen LogP contribution is 2.41. The second kappa shape index (κ2) is 13.1. The maximum atomic E-state index is 13.2. The molecule has 0 saturated heterocycles. The first-order valence-electron chi connectivity index (χ1n) is 14.7. The molecular formula is C38H34N2O6. The van der Waals surface area contributed by atoms with Gasteiger partial charge in [0.15, 0.2) is 5.78 Å². The predicted molar refractivity (Wildman–Crippen MR) is 176 cm³/mol. The van der Waals surface area contributed by atoms with Gasteiger partial charge in [-0.2, -0.15) is 4.58 Å². The normalized spacial score (nSPS) is 16.9. The molecule has 0 aliphatic heterocycles. The van der Waals surface area contributed by atoms with Gasteiger partial charge < -0.3 is 19.5 Å². The fraction of sp³-hybridized carbons (Fsp3) is 0.158. The molecule has 2 aliphatic carbocycles. The molecule has 3 aromatic rings. The zero-order valence-corrected chi connectivity index (χ0v) is 26.2. The minimum Gasteiger partial charge on any atom is -0.874 e. The fourth-order valence-electron chi connectivity index (χ4n) is 5.11. The van der Waals surface area contributed by atoms with Gasteiger partial charge in [-0.1, -0.05) is 37.4 Å². The van der Waals surface area contributed by atoms with Crippen LogP contribution in [-0.4, -0.2) is 42.1 Å². The molecule has 0 N–H and O–H groups in total. The van der Waals surface area contributed by atoms with Crippen LogP contribution in [0.2, 0.25) is 0 Å². The minimum atomic E-state index is -0.739. The highest BCUT2D eigenvalue weighted by Gasteiger charge is 2.38. The molecule has 0 heterocycles. The lowest BCUT2D eigenvalue weighted by Crippen LogP contribution is -2.41. The number of Topliss-reactive ketones (excluding diaryl/α,β-unsaturated/α-hetero) is 1. The second-order valence-corrected chi connectivity index (χ2v) is 11.3. The zero-order chi connectivity index (χ0) is 33.1. The summed E-state index contributed by atoms with van der Waals surface area (Å²) in [6, 6.07) is 21.5. The van der Waals surface area contributed by atoms with Gasteiger partial charge in [0.2, 0.25) is 11.4 Å². The number of esters is 2. The van der Waals surface area contributed by atoms with Crippen molar-refractivity contribution < 1.29 is 33.5 Å². The molecule has 2 aliphatic rings. The third-order valence-electron chi connectivity index (χ3n) is 7.92. The quantitative estimate of drug-likeness (QED) is 0.129. The smallest absolute Gasteiger partial charge is 0.338 e. The largest absolute Gasteiger partial charge is 0.874 e. The van der Waals surface area contributed by atoms with E-state index in [1.807, 2.05) is 84.3 Å². The number of allylic oxidation sites excluding steroid dienone is 6. The van der Waals surface area contributed by atoms with Gasteiger partial charge in [0.25, 0.3) is 0 Å². The van der Waals surface area contributed by atoms with Crippen LogP contribution in [0.5, 0.6) is 11.5 Å². The van der Waals surface area contributed by atoms with E-state index in [0.29, 0.717) is 28.2 Å². The summed E-state index contributed by atoms with van der Waals surface area (Å²) in [5.74, 6) is -1.50. The molecule has 46 heavy (non-hydrogen) atoms. The summed E-state index contributed by atoms with van der Waals surface area (Å²) in [6.07, 6.45) is 7.57. The number of hydrogen-bond acceptors (Lipinski definition) is 7. The molecule has 0 aromatic heterocycles. The van der Waals surface area contributed by atoms with Gasteiger partial charge in [0, 0.05) is 71.3 Å². The van der Waals surface area contributed by atoms with Crippen LogP contribution in [0.1, 0.15) is 19.4 Å². The highest BCUT2D eigenvalue weighted by molar-refractivity contribution is 6.29. The summed E-state index contributed by atoms with van der Waals surface area (Å²) in [5.41, 5.74) is 4.95. The Morgan fingerprint density at radius 2 is 1.24 bits per heavy atom. The van der Waals surface area contributed by atoms with Crippen molar-refractivity contribution in [1.29, 1.82) is 0 Å². The second-order valence-electron chi connectivity index (χ2n) is 11.3. The van der Waals surface area contributed by atoms with Crippen molar-refractivity contribution in [3.8, 4) is 11.5 Å². The molecule has 0 saturated carbocycles. The number of anilines is 2. The number of carbonyl (C=O) groups excluding carboxylic acids is 3. The summed E-state index contributed by atoms with van der Waals surface area (Å²) in [7, 11) is 3.80. The predicted octanol–water partition coefficient (Wildman–Crippen LogP) is 5.85. The SMILES string of the molecule is C=C(C)C(=O)Oc1ccc(N(C)c2ccc(C3=C([O-])C(C4C=CC(=[N+](C)c5ccc(OC(=O)C(=C)C)cc5)C=C4)C3=O)cc2)cc1. The van der Waals surface area contributed by atoms with Crippen LogP contribution < -0.4 is 19.5 Å². The molecule has 8 nitrogen and oxygen atoms in total.